The second-order valence-electron chi connectivity index (χ2n) is 15.0. The maximum atomic E-state index is 6.60. The van der Waals surface area contributed by atoms with Crippen LogP contribution in [0.25, 0.3) is 93.8 Å². The molecule has 0 radical (unpaired) electrons. The van der Waals surface area contributed by atoms with Gasteiger partial charge in [0.05, 0.1) is 5.52 Å². The Kier molecular flexibility index (Phi) is 5.65. The number of benzene rings is 8. The molecule has 0 amide bonds. The van der Waals surface area contributed by atoms with Gasteiger partial charge in [0.2, 0.25) is 0 Å². The monoisotopic (exact) mass is 714 g/mol. The summed E-state index contributed by atoms with van der Waals surface area (Å²) in [5, 5.41) is 11.8. The Morgan fingerprint density at radius 1 is 0.418 bits per heavy atom. The molecule has 0 fully saturated rings. The summed E-state index contributed by atoms with van der Waals surface area (Å²) in [4.78, 5) is 4.73. The first-order chi connectivity index (χ1) is 27.3. The molecule has 0 atom stereocenters. The lowest BCUT2D eigenvalue weighted by molar-refractivity contribution is 0.670. The Balaban J connectivity index is 1.08. The Morgan fingerprint density at radius 2 is 1.00 bits per heavy atom. The summed E-state index contributed by atoms with van der Waals surface area (Å²) in [5.74, 6) is 0. The van der Waals surface area contributed by atoms with E-state index in [2.05, 4.69) is 174 Å². The molecule has 1 spiro atoms. The molecule has 2 aliphatic rings. The van der Waals surface area contributed by atoms with Crippen LogP contribution >= 0.6 is 0 Å². The van der Waals surface area contributed by atoms with Crippen LogP contribution in [0, 0.1) is 0 Å². The summed E-state index contributed by atoms with van der Waals surface area (Å²) in [6, 6.07) is 63.4. The molecular weight excluding hydrogens is 685 g/mol. The van der Waals surface area contributed by atoms with Crippen LogP contribution in [-0.4, -0.2) is 17.5 Å². The maximum absolute atomic E-state index is 6.60. The zero-order valence-corrected chi connectivity index (χ0v) is 30.6. The minimum atomic E-state index is -2.75. The zero-order chi connectivity index (χ0) is 35.8. The highest BCUT2D eigenvalue weighted by molar-refractivity contribution is 7.24. The smallest absolute Gasteiger partial charge is 0.182 e. The number of aromatic nitrogens is 2. The summed E-state index contributed by atoms with van der Waals surface area (Å²) in [7, 11) is -2.75. The molecule has 3 nitrogen and oxygen atoms in total. The predicted molar refractivity (Wildman–Crippen MR) is 230 cm³/mol. The van der Waals surface area contributed by atoms with Gasteiger partial charge in [0.1, 0.15) is 16.8 Å². The second kappa shape index (κ2) is 10.6. The van der Waals surface area contributed by atoms with Gasteiger partial charge in [-0.3, -0.25) is 4.40 Å². The third-order valence-corrected chi connectivity index (χ3v) is 17.4. The van der Waals surface area contributed by atoms with Crippen LogP contribution in [0.2, 0.25) is 0 Å². The molecule has 3 aromatic heterocycles. The van der Waals surface area contributed by atoms with Gasteiger partial charge >= 0.3 is 0 Å². The average molecular weight is 715 g/mol. The van der Waals surface area contributed by atoms with Crippen LogP contribution in [0.4, 0.5) is 0 Å². The summed E-state index contributed by atoms with van der Waals surface area (Å²) in [6.07, 6.45) is 3.97. The first-order valence-corrected chi connectivity index (χ1v) is 20.9. The fraction of sp³-hybridized carbons (Fsp3) is 0. The molecule has 0 N–H and O–H groups in total. The van der Waals surface area contributed by atoms with Gasteiger partial charge in [0.15, 0.2) is 8.07 Å². The van der Waals surface area contributed by atoms with Crippen molar-refractivity contribution in [2.45, 2.75) is 0 Å². The van der Waals surface area contributed by atoms with Gasteiger partial charge in [-0.1, -0.05) is 152 Å². The van der Waals surface area contributed by atoms with Gasteiger partial charge in [0, 0.05) is 39.5 Å². The third-order valence-electron chi connectivity index (χ3n) is 12.5. The molecule has 11 aromatic rings. The molecule has 0 unspecified atom stereocenters. The molecule has 5 heterocycles. The zero-order valence-electron chi connectivity index (χ0n) is 29.6. The predicted octanol–water partition coefficient (Wildman–Crippen LogP) is 10.2. The second-order valence-corrected chi connectivity index (χ2v) is 18.7. The highest BCUT2D eigenvalue weighted by atomic mass is 28.3. The molecule has 254 valence electrons. The molecule has 55 heavy (non-hydrogen) atoms. The van der Waals surface area contributed by atoms with Crippen molar-refractivity contribution in [2.75, 3.05) is 0 Å². The Morgan fingerprint density at radius 3 is 1.80 bits per heavy atom. The van der Waals surface area contributed by atoms with E-state index < -0.39 is 8.07 Å². The first kappa shape index (κ1) is 29.4. The quantitative estimate of drug-likeness (QED) is 0.132. The maximum Gasteiger partial charge on any atom is 0.182 e. The van der Waals surface area contributed by atoms with E-state index in [4.69, 9.17) is 9.40 Å². The number of furan rings is 1. The molecule has 0 saturated heterocycles. The fourth-order valence-corrected chi connectivity index (χ4v) is 15.9. The number of hydrogen-bond acceptors (Lipinski definition) is 2. The molecule has 2 aliphatic heterocycles. The largest absolute Gasteiger partial charge is 0.455 e. The Bertz CT molecular complexity index is 3420. The lowest BCUT2D eigenvalue weighted by atomic mass is 9.96. The molecule has 0 bridgehead atoms. The number of imidazole rings is 1. The summed E-state index contributed by atoms with van der Waals surface area (Å²) >= 11 is 0. The summed E-state index contributed by atoms with van der Waals surface area (Å²) < 4.78 is 8.82. The summed E-state index contributed by atoms with van der Waals surface area (Å²) in [5.41, 5.74) is 14.2. The van der Waals surface area contributed by atoms with Crippen molar-refractivity contribution in [3.05, 3.63) is 182 Å². The van der Waals surface area contributed by atoms with Crippen LogP contribution in [0.1, 0.15) is 0 Å². The number of pyridine rings is 1. The highest BCUT2D eigenvalue weighted by Crippen LogP contribution is 2.41. The molecule has 4 heteroatoms. The molecule has 8 aromatic carbocycles. The summed E-state index contributed by atoms with van der Waals surface area (Å²) in [6.45, 7) is 0. The van der Waals surface area contributed by atoms with Gasteiger partial charge in [-0.15, -0.1) is 0 Å². The topological polar surface area (TPSA) is 30.4 Å². The van der Waals surface area contributed by atoms with Gasteiger partial charge < -0.3 is 4.42 Å². The molecular formula is C51H30N2OSi. The van der Waals surface area contributed by atoms with Crippen LogP contribution in [-0.2, 0) is 0 Å². The van der Waals surface area contributed by atoms with Crippen LogP contribution < -0.4 is 20.7 Å². The van der Waals surface area contributed by atoms with E-state index >= 15 is 0 Å². The minimum Gasteiger partial charge on any atom is -0.455 e. The van der Waals surface area contributed by atoms with Crippen LogP contribution in [0.5, 0.6) is 0 Å². The lowest BCUT2D eigenvalue weighted by Crippen LogP contribution is -2.70. The number of fused-ring (bicyclic) bond motifs is 19. The van der Waals surface area contributed by atoms with Gasteiger partial charge in [-0.25, -0.2) is 4.98 Å². The van der Waals surface area contributed by atoms with E-state index in [0.717, 1.165) is 33.1 Å². The van der Waals surface area contributed by atoms with Crippen molar-refractivity contribution < 1.29 is 4.42 Å². The highest BCUT2D eigenvalue weighted by Gasteiger charge is 2.54. The molecule has 0 saturated carbocycles. The third kappa shape index (κ3) is 3.72. The van der Waals surface area contributed by atoms with Crippen molar-refractivity contribution in [1.82, 2.24) is 9.38 Å². The first-order valence-electron chi connectivity index (χ1n) is 18.9. The van der Waals surface area contributed by atoms with Crippen LogP contribution in [0.3, 0.4) is 0 Å². The van der Waals surface area contributed by atoms with E-state index in [0.29, 0.717) is 0 Å². The van der Waals surface area contributed by atoms with Crippen molar-refractivity contribution in [2.24, 2.45) is 0 Å². The normalized spacial score (nSPS) is 13.6. The number of rotatable bonds is 2. The van der Waals surface area contributed by atoms with E-state index in [1.54, 1.807) is 0 Å². The Labute approximate surface area is 317 Å². The minimum absolute atomic E-state index is 0.923. The van der Waals surface area contributed by atoms with Crippen molar-refractivity contribution in [3.8, 4) is 44.5 Å². The average Bonchev–Trinajstić information content (AvgIpc) is 4.02. The van der Waals surface area contributed by atoms with Crippen molar-refractivity contribution >= 4 is 78.1 Å². The number of hydrogen-bond donors (Lipinski definition) is 0. The van der Waals surface area contributed by atoms with Gasteiger partial charge in [0.25, 0.3) is 0 Å². The van der Waals surface area contributed by atoms with Gasteiger partial charge in [-0.05, 0) is 83.3 Å². The SMILES string of the molecule is c1ccc2c(c1)-c1ccccc1[Si]21c2cc(-c3ccc4c(c3)c3ccccc3c3nccn43)ccc2-c2ccc(-c3cccc4c3oc3ccccc34)cc21. The standard InChI is InChI=1S/C51H30N2OSi/c1-2-14-42-35(10-1)43-28-31(22-25-44(43)53-27-26-52-51(42)53)32-20-23-39-40-24-21-33(34-15-9-16-41-36-11-3-6-17-45(36)54-50(34)41)30-49(40)55(48(39)29-32)46-18-7-4-12-37(46)38-13-5-8-19-47(38)55/h1-30H. The fourth-order valence-electron chi connectivity index (χ4n) is 10.2. The van der Waals surface area contributed by atoms with Gasteiger partial charge in [-0.2, -0.15) is 0 Å². The number of para-hydroxylation sites is 2. The number of nitrogens with zero attached hydrogens (tertiary/aromatic N) is 2. The van der Waals surface area contributed by atoms with E-state index in [-0.39, 0.29) is 0 Å². The van der Waals surface area contributed by atoms with Crippen molar-refractivity contribution in [3.63, 3.8) is 0 Å². The molecule has 0 aliphatic carbocycles. The van der Waals surface area contributed by atoms with Crippen molar-refractivity contribution in [1.29, 1.82) is 0 Å². The Hall–Kier alpha value is -7.01. The van der Waals surface area contributed by atoms with Crippen LogP contribution in [0.15, 0.2) is 187 Å². The molecule has 13 rings (SSSR count). The van der Waals surface area contributed by atoms with E-state index in [9.17, 15) is 0 Å². The van der Waals surface area contributed by atoms with E-state index in [1.807, 2.05) is 12.3 Å². The van der Waals surface area contributed by atoms with E-state index in [1.165, 1.54) is 81.4 Å². The lowest BCUT2D eigenvalue weighted by Gasteiger charge is -2.28.